The van der Waals surface area contributed by atoms with Crippen molar-refractivity contribution in [2.75, 3.05) is 25.4 Å². The first-order chi connectivity index (χ1) is 9.08. The van der Waals surface area contributed by atoms with Crippen LogP contribution in [0.2, 0.25) is 0 Å². The number of aromatic nitrogens is 2. The van der Waals surface area contributed by atoms with Gasteiger partial charge in [-0.1, -0.05) is 13.8 Å². The van der Waals surface area contributed by atoms with Crippen LogP contribution in [0.3, 0.4) is 0 Å². The third-order valence-electron chi connectivity index (χ3n) is 3.03. The van der Waals surface area contributed by atoms with E-state index in [1.807, 2.05) is 0 Å². The average Bonchev–Trinajstić information content (AvgIpc) is 2.85. The van der Waals surface area contributed by atoms with Crippen molar-refractivity contribution in [3.8, 4) is 0 Å². The van der Waals surface area contributed by atoms with Gasteiger partial charge in [0.25, 0.3) is 5.91 Å². The second kappa shape index (κ2) is 5.97. The topological polar surface area (TPSA) is 81.3 Å². The molecule has 1 saturated heterocycles. The maximum Gasteiger partial charge on any atom is 0.276 e. The van der Waals surface area contributed by atoms with Crippen molar-refractivity contribution >= 4 is 11.7 Å². The van der Waals surface area contributed by atoms with Gasteiger partial charge in [-0.05, 0) is 12.3 Å². The Morgan fingerprint density at radius 3 is 2.95 bits per heavy atom. The van der Waals surface area contributed by atoms with Gasteiger partial charge in [0.1, 0.15) is 0 Å². The van der Waals surface area contributed by atoms with Gasteiger partial charge in [-0.25, -0.2) is 9.97 Å². The Kier molecular flexibility index (Phi) is 4.31. The summed E-state index contributed by atoms with van der Waals surface area (Å²) in [5.41, 5.74) is 5.90. The van der Waals surface area contributed by atoms with E-state index >= 15 is 0 Å². The molecule has 1 amide bonds. The summed E-state index contributed by atoms with van der Waals surface area (Å²) in [5.74, 6) is 0.515. The summed E-state index contributed by atoms with van der Waals surface area (Å²) in [4.78, 5) is 21.9. The van der Waals surface area contributed by atoms with Gasteiger partial charge in [-0.15, -0.1) is 0 Å². The Hall–Kier alpha value is -1.69. The fourth-order valence-corrected chi connectivity index (χ4v) is 2.04. The number of carbonyl (C=O) groups excluding carboxylic acids is 1. The highest BCUT2D eigenvalue weighted by atomic mass is 16.5. The van der Waals surface area contributed by atoms with Gasteiger partial charge in [-0.3, -0.25) is 4.79 Å². The van der Waals surface area contributed by atoms with E-state index in [1.165, 1.54) is 12.4 Å². The van der Waals surface area contributed by atoms with Gasteiger partial charge in [0, 0.05) is 32.1 Å². The van der Waals surface area contributed by atoms with Crippen molar-refractivity contribution in [1.82, 2.24) is 14.9 Å². The molecule has 2 rings (SSSR count). The molecule has 0 radical (unpaired) electrons. The largest absolute Gasteiger partial charge is 0.382 e. The summed E-state index contributed by atoms with van der Waals surface area (Å²) in [6.45, 7) is 6.22. The third kappa shape index (κ3) is 3.41. The maximum absolute atomic E-state index is 12.2. The first kappa shape index (κ1) is 13.7. The maximum atomic E-state index is 12.2. The highest BCUT2D eigenvalue weighted by Crippen LogP contribution is 2.17. The fraction of sp³-hybridized carbons (Fsp3) is 0.615. The summed E-state index contributed by atoms with van der Waals surface area (Å²) >= 11 is 0. The molecule has 0 aliphatic carbocycles. The van der Waals surface area contributed by atoms with Crippen LogP contribution >= 0.6 is 0 Å². The minimum absolute atomic E-state index is 0.115. The molecule has 0 aromatic carbocycles. The fourth-order valence-electron chi connectivity index (χ4n) is 2.04. The van der Waals surface area contributed by atoms with Gasteiger partial charge in [-0.2, -0.15) is 0 Å². The van der Waals surface area contributed by atoms with Gasteiger partial charge < -0.3 is 15.4 Å². The van der Waals surface area contributed by atoms with Gasteiger partial charge in [0.05, 0.1) is 6.10 Å². The highest BCUT2D eigenvalue weighted by Gasteiger charge is 2.29. The Morgan fingerprint density at radius 2 is 2.26 bits per heavy atom. The molecule has 6 heteroatoms. The number of likely N-dealkylation sites (tertiary alicyclic amines) is 1. The Balaban J connectivity index is 1.94. The molecule has 2 N–H and O–H groups in total. The Labute approximate surface area is 113 Å². The number of anilines is 1. The van der Waals surface area contributed by atoms with E-state index in [2.05, 4.69) is 23.8 Å². The van der Waals surface area contributed by atoms with Crippen molar-refractivity contribution in [2.45, 2.75) is 26.4 Å². The molecular formula is C13H20N4O2. The number of hydrogen-bond acceptors (Lipinski definition) is 5. The van der Waals surface area contributed by atoms with Gasteiger partial charge in [0.15, 0.2) is 11.5 Å². The quantitative estimate of drug-likeness (QED) is 0.875. The number of hydrogen-bond donors (Lipinski definition) is 1. The van der Waals surface area contributed by atoms with Crippen LogP contribution in [0.25, 0.3) is 0 Å². The number of carbonyl (C=O) groups is 1. The molecule has 1 fully saturated rings. The molecule has 104 valence electrons. The molecule has 19 heavy (non-hydrogen) atoms. The first-order valence-electron chi connectivity index (χ1n) is 6.55. The summed E-state index contributed by atoms with van der Waals surface area (Å²) in [6.07, 6.45) is 3.93. The van der Waals surface area contributed by atoms with Crippen molar-refractivity contribution < 1.29 is 9.53 Å². The van der Waals surface area contributed by atoms with E-state index in [9.17, 15) is 4.79 Å². The Bertz CT molecular complexity index is 450. The molecule has 1 aromatic heterocycles. The molecule has 1 atom stereocenters. The molecule has 6 nitrogen and oxygen atoms in total. The standard InChI is InChI=1S/C13H20N4O2/c1-9(2)8-19-10-3-6-17(7-10)13(18)11-12(14)16-5-4-15-11/h4-5,9-10H,3,6-8H2,1-2H3,(H2,14,16). The normalized spacial score (nSPS) is 19.1. The zero-order chi connectivity index (χ0) is 13.8. The molecule has 1 unspecified atom stereocenters. The second-order valence-corrected chi connectivity index (χ2v) is 5.18. The molecule has 2 heterocycles. The van der Waals surface area contributed by atoms with Gasteiger partial charge >= 0.3 is 0 Å². The average molecular weight is 264 g/mol. The van der Waals surface area contributed by atoms with Crippen molar-refractivity contribution in [3.63, 3.8) is 0 Å². The summed E-state index contributed by atoms with van der Waals surface area (Å²) in [7, 11) is 0. The monoisotopic (exact) mass is 264 g/mol. The van der Waals surface area contributed by atoms with Crippen LogP contribution < -0.4 is 5.73 Å². The number of rotatable bonds is 4. The minimum Gasteiger partial charge on any atom is -0.382 e. The number of ether oxygens (including phenoxy) is 1. The minimum atomic E-state index is -0.166. The van der Waals surface area contributed by atoms with Gasteiger partial charge in [0.2, 0.25) is 0 Å². The van der Waals surface area contributed by atoms with E-state index in [0.717, 1.165) is 13.0 Å². The third-order valence-corrected chi connectivity index (χ3v) is 3.03. The van der Waals surface area contributed by atoms with E-state index in [4.69, 9.17) is 10.5 Å². The predicted octanol–water partition coefficient (Wildman–Crippen LogP) is 0.946. The van der Waals surface area contributed by atoms with Crippen LogP contribution in [-0.2, 0) is 4.74 Å². The number of amides is 1. The number of nitrogen functional groups attached to an aromatic ring is 1. The summed E-state index contributed by atoms with van der Waals surface area (Å²) in [5, 5.41) is 0. The number of nitrogens with two attached hydrogens (primary N) is 1. The summed E-state index contributed by atoms with van der Waals surface area (Å²) in [6, 6.07) is 0. The van der Waals surface area contributed by atoms with Crippen LogP contribution in [0.15, 0.2) is 12.4 Å². The molecule has 1 aromatic rings. The van der Waals surface area contributed by atoms with Crippen molar-refractivity contribution in [2.24, 2.45) is 5.92 Å². The molecule has 0 spiro atoms. The lowest BCUT2D eigenvalue weighted by atomic mass is 10.2. The van der Waals surface area contributed by atoms with Crippen LogP contribution in [-0.4, -0.2) is 46.6 Å². The van der Waals surface area contributed by atoms with Crippen LogP contribution in [0, 0.1) is 5.92 Å². The second-order valence-electron chi connectivity index (χ2n) is 5.18. The number of nitrogens with zero attached hydrogens (tertiary/aromatic N) is 3. The molecule has 1 aliphatic heterocycles. The highest BCUT2D eigenvalue weighted by molar-refractivity contribution is 5.96. The van der Waals surface area contributed by atoms with Crippen LogP contribution in [0.5, 0.6) is 0 Å². The molecule has 0 bridgehead atoms. The molecule has 1 aliphatic rings. The summed E-state index contributed by atoms with van der Waals surface area (Å²) < 4.78 is 5.75. The van der Waals surface area contributed by atoms with Crippen LogP contribution in [0.4, 0.5) is 5.82 Å². The molecular weight excluding hydrogens is 244 g/mol. The first-order valence-corrected chi connectivity index (χ1v) is 6.55. The lowest BCUT2D eigenvalue weighted by molar-refractivity contribution is 0.0395. The van der Waals surface area contributed by atoms with Crippen molar-refractivity contribution in [3.05, 3.63) is 18.1 Å². The van der Waals surface area contributed by atoms with E-state index in [1.54, 1.807) is 4.90 Å². The van der Waals surface area contributed by atoms with E-state index in [0.29, 0.717) is 19.0 Å². The zero-order valence-corrected chi connectivity index (χ0v) is 11.4. The lowest BCUT2D eigenvalue weighted by Gasteiger charge is -2.17. The smallest absolute Gasteiger partial charge is 0.276 e. The van der Waals surface area contributed by atoms with Crippen LogP contribution in [0.1, 0.15) is 30.8 Å². The zero-order valence-electron chi connectivity index (χ0n) is 11.4. The lowest BCUT2D eigenvalue weighted by Crippen LogP contribution is -2.31. The van der Waals surface area contributed by atoms with E-state index < -0.39 is 0 Å². The van der Waals surface area contributed by atoms with E-state index in [-0.39, 0.29) is 23.5 Å². The Morgan fingerprint density at radius 1 is 1.53 bits per heavy atom. The molecule has 0 saturated carbocycles. The SMILES string of the molecule is CC(C)COC1CCN(C(=O)c2nccnc2N)C1. The van der Waals surface area contributed by atoms with Crippen molar-refractivity contribution in [1.29, 1.82) is 0 Å². The predicted molar refractivity (Wildman–Crippen MR) is 71.5 cm³/mol.